The molecule has 176 valence electrons. The van der Waals surface area contributed by atoms with Crippen LogP contribution in [-0.2, 0) is 16.6 Å². The van der Waals surface area contributed by atoms with Gasteiger partial charge in [-0.15, -0.1) is 0 Å². The van der Waals surface area contributed by atoms with Gasteiger partial charge >= 0.3 is 6.09 Å². The van der Waals surface area contributed by atoms with Gasteiger partial charge in [-0.2, -0.15) is 0 Å². The number of benzene rings is 1. The van der Waals surface area contributed by atoms with E-state index in [1.165, 1.54) is 17.5 Å². The minimum Gasteiger partial charge on any atom is -0.485 e. The average molecular weight is 453 g/mol. The first-order valence-corrected chi connectivity index (χ1v) is 12.3. The quantitative estimate of drug-likeness (QED) is 0.681. The molecule has 0 aromatic heterocycles. The predicted octanol–water partition coefficient (Wildman–Crippen LogP) is 2.13. The lowest BCUT2D eigenvalue weighted by Crippen LogP contribution is -2.62. The van der Waals surface area contributed by atoms with Crippen molar-refractivity contribution in [3.05, 3.63) is 35.4 Å². The highest BCUT2D eigenvalue weighted by Gasteiger charge is 2.62. The second-order valence-electron chi connectivity index (χ2n) is 10.1. The van der Waals surface area contributed by atoms with E-state index in [0.717, 1.165) is 57.5 Å². The monoisotopic (exact) mass is 452 g/mol. The molecule has 1 aromatic carbocycles. The van der Waals surface area contributed by atoms with Crippen molar-refractivity contribution in [2.24, 2.45) is 5.92 Å². The van der Waals surface area contributed by atoms with E-state index in [0.29, 0.717) is 17.7 Å². The van der Waals surface area contributed by atoms with Gasteiger partial charge in [-0.1, -0.05) is 24.6 Å². The molecular formula is C25H32N4O4. The molecule has 2 amide bonds. The summed E-state index contributed by atoms with van der Waals surface area (Å²) >= 11 is 0. The molecular weight excluding hydrogens is 420 g/mol. The first-order valence-electron chi connectivity index (χ1n) is 12.3. The zero-order valence-electron chi connectivity index (χ0n) is 19.1. The van der Waals surface area contributed by atoms with Crippen LogP contribution in [0.15, 0.2) is 24.3 Å². The number of piperidine rings is 2. The van der Waals surface area contributed by atoms with Gasteiger partial charge in [0.2, 0.25) is 0 Å². The highest BCUT2D eigenvalue weighted by Crippen LogP contribution is 2.62. The Labute approximate surface area is 194 Å². The number of carbonyl (C=O) groups excluding carboxylic acids is 2. The molecule has 3 heterocycles. The highest BCUT2D eigenvalue weighted by atomic mass is 16.6. The molecule has 2 aliphatic carbocycles. The molecule has 1 aromatic rings. The second-order valence-corrected chi connectivity index (χ2v) is 10.1. The van der Waals surface area contributed by atoms with E-state index in [2.05, 4.69) is 40.9 Å². The molecule has 2 N–H and O–H groups in total. The minimum absolute atomic E-state index is 0.0288. The highest BCUT2D eigenvalue weighted by molar-refractivity contribution is 5.82. The van der Waals surface area contributed by atoms with Crippen molar-refractivity contribution in [2.75, 3.05) is 33.2 Å². The summed E-state index contributed by atoms with van der Waals surface area (Å²) in [5.74, 6) is 1.35. The van der Waals surface area contributed by atoms with E-state index in [9.17, 15) is 9.59 Å². The summed E-state index contributed by atoms with van der Waals surface area (Å²) < 4.78 is 12.2. The second kappa shape index (κ2) is 8.02. The topological polar surface area (TPSA) is 83.1 Å². The Morgan fingerprint density at radius 3 is 2.91 bits per heavy atom. The standard InChI is InChI=1S/C25H32N4O4/c1-28-13-10-25-17-6-5-7-20(25)33-23-19(9-8-16(22(23)25)14-18(17)28)32-24(31)26-15-21(30)27-29-11-3-2-4-12-29/h5-6,8-9,17-18,20H,2-4,7,10-15H2,1H3,(H,26,31)(H,27,30)/t17?,18?,20-,25+/m0/s1. The summed E-state index contributed by atoms with van der Waals surface area (Å²) in [6, 6.07) is 4.42. The lowest BCUT2D eigenvalue weighted by atomic mass is 9.54. The lowest BCUT2D eigenvalue weighted by molar-refractivity contribution is -0.125. The lowest BCUT2D eigenvalue weighted by Gasteiger charge is -2.55. The van der Waals surface area contributed by atoms with E-state index in [4.69, 9.17) is 9.47 Å². The fraction of sp³-hybridized carbons (Fsp3) is 0.600. The molecule has 3 aliphatic heterocycles. The predicted molar refractivity (Wildman–Crippen MR) is 122 cm³/mol. The summed E-state index contributed by atoms with van der Waals surface area (Å²) in [4.78, 5) is 27.2. The zero-order chi connectivity index (χ0) is 22.6. The molecule has 5 aliphatic rings. The normalized spacial score (nSPS) is 32.0. The maximum absolute atomic E-state index is 12.5. The number of hydrogen-bond acceptors (Lipinski definition) is 6. The number of nitrogens with one attached hydrogen (secondary N) is 2. The van der Waals surface area contributed by atoms with Crippen molar-refractivity contribution in [1.82, 2.24) is 20.7 Å². The number of ether oxygens (including phenoxy) is 2. The van der Waals surface area contributed by atoms with Gasteiger partial charge in [0.1, 0.15) is 12.6 Å². The molecule has 0 saturated carbocycles. The first kappa shape index (κ1) is 21.0. The summed E-state index contributed by atoms with van der Waals surface area (Å²) in [6.45, 7) is 2.62. The molecule has 2 saturated heterocycles. The van der Waals surface area contributed by atoms with Crippen LogP contribution in [0.3, 0.4) is 0 Å². The van der Waals surface area contributed by atoms with Crippen LogP contribution in [-0.4, -0.2) is 67.3 Å². The zero-order valence-corrected chi connectivity index (χ0v) is 19.1. The summed E-state index contributed by atoms with van der Waals surface area (Å²) in [7, 11) is 2.22. The van der Waals surface area contributed by atoms with Gasteiger partial charge in [0.05, 0.1) is 0 Å². The van der Waals surface area contributed by atoms with E-state index in [-0.39, 0.29) is 24.0 Å². The molecule has 2 unspecified atom stereocenters. The average Bonchev–Trinajstić information content (AvgIpc) is 3.16. The molecule has 0 radical (unpaired) electrons. The van der Waals surface area contributed by atoms with E-state index in [1.807, 2.05) is 11.1 Å². The van der Waals surface area contributed by atoms with Crippen molar-refractivity contribution < 1.29 is 19.1 Å². The van der Waals surface area contributed by atoms with Crippen LogP contribution >= 0.6 is 0 Å². The van der Waals surface area contributed by atoms with Crippen LogP contribution in [0.4, 0.5) is 4.79 Å². The van der Waals surface area contributed by atoms with Gasteiger partial charge < -0.3 is 19.7 Å². The molecule has 8 heteroatoms. The summed E-state index contributed by atoms with van der Waals surface area (Å²) in [6.07, 6.45) is 10.3. The molecule has 2 fully saturated rings. The molecule has 4 atom stereocenters. The number of nitrogens with zero attached hydrogens (tertiary/aromatic N) is 2. The van der Waals surface area contributed by atoms with Gasteiger partial charge in [-0.05, 0) is 50.9 Å². The molecule has 8 nitrogen and oxygen atoms in total. The van der Waals surface area contributed by atoms with Gasteiger partial charge in [-0.3, -0.25) is 10.2 Å². The van der Waals surface area contributed by atoms with Crippen molar-refractivity contribution in [2.45, 2.75) is 56.1 Å². The number of hydrazine groups is 1. The molecule has 6 rings (SSSR count). The van der Waals surface area contributed by atoms with Gasteiger partial charge in [0, 0.05) is 42.4 Å². The largest absolute Gasteiger partial charge is 0.485 e. The fourth-order valence-corrected chi connectivity index (χ4v) is 6.79. The maximum atomic E-state index is 12.5. The molecule has 33 heavy (non-hydrogen) atoms. The SMILES string of the molecule is CN1CC[C@]23c4c5ccc(OC(=O)NCC(=O)NN6CCCCC6)c4O[C@H]2CC=CC3C1C5. The Bertz CT molecular complexity index is 1000. The Morgan fingerprint density at radius 1 is 1.21 bits per heavy atom. The van der Waals surface area contributed by atoms with E-state index >= 15 is 0 Å². The number of carbonyl (C=O) groups is 2. The van der Waals surface area contributed by atoms with E-state index in [1.54, 1.807) is 0 Å². The number of amides is 2. The minimum atomic E-state index is -0.636. The van der Waals surface area contributed by atoms with Crippen molar-refractivity contribution in [3.8, 4) is 11.5 Å². The van der Waals surface area contributed by atoms with E-state index < -0.39 is 6.09 Å². The van der Waals surface area contributed by atoms with Gasteiger partial charge in [-0.25, -0.2) is 9.80 Å². The number of hydrogen-bond donors (Lipinski definition) is 2. The number of likely N-dealkylation sites (tertiary alicyclic amines) is 1. The van der Waals surface area contributed by atoms with Crippen molar-refractivity contribution >= 4 is 12.0 Å². The van der Waals surface area contributed by atoms with Crippen molar-refractivity contribution in [3.63, 3.8) is 0 Å². The maximum Gasteiger partial charge on any atom is 0.413 e. The Morgan fingerprint density at radius 2 is 2.06 bits per heavy atom. The van der Waals surface area contributed by atoms with Crippen molar-refractivity contribution in [1.29, 1.82) is 0 Å². The Kier molecular flexibility index (Phi) is 5.10. The van der Waals surface area contributed by atoms with Crippen LogP contribution < -0.4 is 20.2 Å². The molecule has 1 spiro atoms. The third-order valence-electron chi connectivity index (χ3n) is 8.32. The van der Waals surface area contributed by atoms with Crippen LogP contribution in [0.5, 0.6) is 11.5 Å². The first-order chi connectivity index (χ1) is 16.1. The smallest absolute Gasteiger partial charge is 0.413 e. The third kappa shape index (κ3) is 3.34. The van der Waals surface area contributed by atoms with Gasteiger partial charge in [0.25, 0.3) is 5.91 Å². The Balaban J connectivity index is 1.18. The number of rotatable bonds is 4. The Hall–Kier alpha value is -2.58. The summed E-state index contributed by atoms with van der Waals surface area (Å²) in [5.41, 5.74) is 5.38. The number of likely N-dealkylation sites (N-methyl/N-ethyl adjacent to an activating group) is 1. The fourth-order valence-electron chi connectivity index (χ4n) is 6.79. The van der Waals surface area contributed by atoms with Gasteiger partial charge in [0.15, 0.2) is 11.5 Å². The van der Waals surface area contributed by atoms with Crippen LogP contribution in [0.1, 0.15) is 43.2 Å². The molecule has 2 bridgehead atoms. The third-order valence-corrected chi connectivity index (χ3v) is 8.32. The van der Waals surface area contributed by atoms with Crippen LogP contribution in [0.2, 0.25) is 0 Å². The summed E-state index contributed by atoms with van der Waals surface area (Å²) in [5, 5.41) is 4.50. The van der Waals surface area contributed by atoms with Crippen LogP contribution in [0.25, 0.3) is 0 Å². The van der Waals surface area contributed by atoms with Crippen LogP contribution in [0, 0.1) is 5.92 Å².